The van der Waals surface area contributed by atoms with Crippen LogP contribution < -0.4 is 16.4 Å². The molecule has 0 aliphatic rings. The number of phenolic OH excluding ortho intramolecular Hbond substituents is 1. The molecule has 0 aliphatic heterocycles. The number of alkyl carbamates (subject to hydrolysis) is 1. The minimum absolute atomic E-state index is 0.0704. The maximum Gasteiger partial charge on any atom is 0.408 e. The van der Waals surface area contributed by atoms with Crippen molar-refractivity contribution >= 4 is 29.5 Å². The number of ether oxygens (including phenoxy) is 1. The number of rotatable bonds is 9. The molecule has 5 N–H and O–H groups in total. The molecule has 2 unspecified atom stereocenters. The first kappa shape index (κ1) is 29.6. The summed E-state index contributed by atoms with van der Waals surface area (Å²) in [5, 5.41) is 24.5. The number of nitrogens with one attached hydrogen (secondary N) is 2. The van der Waals surface area contributed by atoms with Crippen LogP contribution in [0.25, 0.3) is 0 Å². The Morgan fingerprint density at radius 2 is 1.66 bits per heavy atom. The van der Waals surface area contributed by atoms with Gasteiger partial charge >= 0.3 is 6.09 Å². The first-order chi connectivity index (χ1) is 17.7. The molecule has 0 aromatic heterocycles. The fourth-order valence-corrected chi connectivity index (χ4v) is 3.76. The van der Waals surface area contributed by atoms with E-state index in [9.17, 15) is 29.5 Å². The van der Waals surface area contributed by atoms with Gasteiger partial charge in [0.15, 0.2) is 0 Å². The number of phenols is 1. The van der Waals surface area contributed by atoms with Crippen molar-refractivity contribution in [1.82, 2.24) is 10.2 Å². The van der Waals surface area contributed by atoms with Gasteiger partial charge in [-0.2, -0.15) is 5.26 Å². The third-order valence-corrected chi connectivity index (χ3v) is 5.42. The number of para-hydroxylation sites is 1. The van der Waals surface area contributed by atoms with Crippen molar-refractivity contribution in [1.29, 1.82) is 5.26 Å². The second-order valence-electron chi connectivity index (χ2n) is 9.74. The van der Waals surface area contributed by atoms with E-state index in [4.69, 9.17) is 10.5 Å². The Bertz CT molecular complexity index is 1210. The lowest BCUT2D eigenvalue weighted by Crippen LogP contribution is -2.53. The summed E-state index contributed by atoms with van der Waals surface area (Å²) in [7, 11) is 0. The highest BCUT2D eigenvalue weighted by molar-refractivity contribution is 6.00. The molecule has 0 heterocycles. The molecule has 202 valence electrons. The molecule has 0 bridgehead atoms. The van der Waals surface area contributed by atoms with Crippen LogP contribution in [-0.2, 0) is 19.1 Å². The number of nitrogens with two attached hydrogens (primary N) is 1. The van der Waals surface area contributed by atoms with Crippen LogP contribution in [0.1, 0.15) is 49.9 Å². The molecule has 2 aromatic rings. The lowest BCUT2D eigenvalue weighted by atomic mass is 10.0. The summed E-state index contributed by atoms with van der Waals surface area (Å²) in [4.78, 5) is 52.6. The molecule has 0 spiro atoms. The second-order valence-corrected chi connectivity index (χ2v) is 9.74. The summed E-state index contributed by atoms with van der Waals surface area (Å²) in [6, 6.07) is 9.99. The highest BCUT2D eigenvalue weighted by Gasteiger charge is 2.37. The van der Waals surface area contributed by atoms with Crippen molar-refractivity contribution < 1.29 is 29.0 Å². The minimum Gasteiger partial charge on any atom is -0.508 e. The van der Waals surface area contributed by atoms with Crippen LogP contribution in [0.3, 0.4) is 0 Å². The predicted octanol–water partition coefficient (Wildman–Crippen LogP) is 2.81. The van der Waals surface area contributed by atoms with Crippen molar-refractivity contribution in [2.45, 2.75) is 58.7 Å². The summed E-state index contributed by atoms with van der Waals surface area (Å²) in [5.74, 6) is -2.51. The Hall–Kier alpha value is -4.59. The molecule has 0 saturated carbocycles. The van der Waals surface area contributed by atoms with Crippen molar-refractivity contribution in [3.63, 3.8) is 0 Å². The zero-order valence-electron chi connectivity index (χ0n) is 22.1. The van der Waals surface area contributed by atoms with Crippen molar-refractivity contribution in [2.75, 3.05) is 11.9 Å². The molecule has 2 rings (SSSR count). The average Bonchev–Trinajstić information content (AvgIpc) is 2.80. The third kappa shape index (κ3) is 8.23. The van der Waals surface area contributed by atoms with Gasteiger partial charge in [-0.05, 0) is 63.4 Å². The van der Waals surface area contributed by atoms with E-state index in [0.29, 0.717) is 5.69 Å². The number of nitriles is 1. The normalized spacial score (nSPS) is 12.4. The number of primary amides is 1. The number of aryl methyl sites for hydroxylation is 2. The van der Waals surface area contributed by atoms with E-state index in [1.807, 2.05) is 38.1 Å². The van der Waals surface area contributed by atoms with Crippen LogP contribution in [0.5, 0.6) is 5.75 Å². The topological polar surface area (TPSA) is 175 Å². The summed E-state index contributed by atoms with van der Waals surface area (Å²) in [5.41, 5.74) is 6.81. The monoisotopic (exact) mass is 523 g/mol. The molecule has 2 atom stereocenters. The number of nitrogens with zero attached hydrogens (tertiary/aromatic N) is 2. The van der Waals surface area contributed by atoms with Crippen LogP contribution >= 0.6 is 0 Å². The van der Waals surface area contributed by atoms with Gasteiger partial charge in [0.05, 0.1) is 12.5 Å². The van der Waals surface area contributed by atoms with E-state index in [0.717, 1.165) is 16.0 Å². The van der Waals surface area contributed by atoms with E-state index in [1.54, 1.807) is 20.8 Å². The Balaban J connectivity index is 2.55. The van der Waals surface area contributed by atoms with Gasteiger partial charge in [0, 0.05) is 5.69 Å². The molecule has 0 saturated heterocycles. The molecule has 38 heavy (non-hydrogen) atoms. The maximum atomic E-state index is 13.7. The van der Waals surface area contributed by atoms with Crippen LogP contribution in [0, 0.1) is 25.2 Å². The van der Waals surface area contributed by atoms with Crippen molar-refractivity contribution in [3.05, 3.63) is 59.2 Å². The fourth-order valence-electron chi connectivity index (χ4n) is 3.76. The quantitative estimate of drug-likeness (QED) is 0.365. The van der Waals surface area contributed by atoms with Crippen LogP contribution in [-0.4, -0.2) is 52.0 Å². The number of carbonyl (C=O) groups excluding carboxylic acids is 4. The Morgan fingerprint density at radius 3 is 2.16 bits per heavy atom. The van der Waals surface area contributed by atoms with E-state index in [-0.39, 0.29) is 11.3 Å². The highest BCUT2D eigenvalue weighted by atomic mass is 16.6. The molecule has 11 heteroatoms. The summed E-state index contributed by atoms with van der Waals surface area (Å²) in [6.45, 7) is 7.93. The second kappa shape index (κ2) is 12.6. The van der Waals surface area contributed by atoms with Gasteiger partial charge in [0.2, 0.25) is 11.8 Å². The number of hydrogen-bond acceptors (Lipinski definition) is 7. The molecule has 11 nitrogen and oxygen atoms in total. The van der Waals surface area contributed by atoms with E-state index >= 15 is 0 Å². The smallest absolute Gasteiger partial charge is 0.408 e. The number of anilines is 1. The van der Waals surface area contributed by atoms with Crippen LogP contribution in [0.15, 0.2) is 42.5 Å². The molecule has 2 aromatic carbocycles. The molecule has 0 fully saturated rings. The first-order valence-electron chi connectivity index (χ1n) is 11.8. The fraction of sp³-hybridized carbons (Fsp3) is 0.370. The van der Waals surface area contributed by atoms with Crippen LogP contribution in [0.2, 0.25) is 0 Å². The van der Waals surface area contributed by atoms with Gasteiger partial charge in [0.25, 0.3) is 5.91 Å². The highest BCUT2D eigenvalue weighted by Crippen LogP contribution is 2.28. The number of benzene rings is 2. The Morgan fingerprint density at radius 1 is 1.08 bits per heavy atom. The maximum absolute atomic E-state index is 13.7. The Kier molecular flexibility index (Phi) is 9.81. The molecular weight excluding hydrogens is 490 g/mol. The SMILES string of the molecule is Cc1cccc(C)c1NC(=O)C(c1ccc(O)cc1)N(CC#N)C(=O)C(CC(N)=O)NC(=O)OC(C)(C)C. The van der Waals surface area contributed by atoms with Gasteiger partial charge in [-0.15, -0.1) is 0 Å². The van der Waals surface area contributed by atoms with Gasteiger partial charge < -0.3 is 31.1 Å². The minimum atomic E-state index is -1.51. The van der Waals surface area contributed by atoms with Gasteiger partial charge in [0.1, 0.15) is 30.0 Å². The summed E-state index contributed by atoms with van der Waals surface area (Å²) >= 11 is 0. The molecule has 4 amide bonds. The average molecular weight is 524 g/mol. The third-order valence-electron chi connectivity index (χ3n) is 5.42. The van der Waals surface area contributed by atoms with Gasteiger partial charge in [-0.3, -0.25) is 14.4 Å². The van der Waals surface area contributed by atoms with E-state index in [1.165, 1.54) is 24.3 Å². The lowest BCUT2D eigenvalue weighted by Gasteiger charge is -2.33. The molecule has 0 radical (unpaired) electrons. The zero-order valence-corrected chi connectivity index (χ0v) is 22.1. The predicted molar refractivity (Wildman–Crippen MR) is 140 cm³/mol. The lowest BCUT2D eigenvalue weighted by molar-refractivity contribution is -0.141. The number of amides is 4. The van der Waals surface area contributed by atoms with E-state index in [2.05, 4.69) is 10.6 Å². The van der Waals surface area contributed by atoms with E-state index < -0.39 is 54.5 Å². The number of hydrogen-bond donors (Lipinski definition) is 4. The van der Waals surface area contributed by atoms with Crippen molar-refractivity contribution in [3.8, 4) is 11.8 Å². The number of carbonyl (C=O) groups is 4. The van der Waals surface area contributed by atoms with Crippen LogP contribution in [0.4, 0.5) is 10.5 Å². The van der Waals surface area contributed by atoms with Gasteiger partial charge in [-0.25, -0.2) is 4.79 Å². The van der Waals surface area contributed by atoms with Gasteiger partial charge in [-0.1, -0.05) is 30.3 Å². The number of aromatic hydroxyl groups is 1. The zero-order chi connectivity index (χ0) is 28.6. The molecular formula is C27H33N5O6. The standard InChI is InChI=1S/C27H33N5O6/c1-16-7-6-8-17(2)22(16)31-24(35)23(18-9-11-19(33)12-10-18)32(14-13-28)25(36)20(15-21(29)34)30-26(37)38-27(3,4)5/h6-12,20,23,33H,14-15H2,1-5H3,(H2,29,34)(H,30,37)(H,31,35). The summed E-state index contributed by atoms with van der Waals surface area (Å²) < 4.78 is 5.21. The summed E-state index contributed by atoms with van der Waals surface area (Å²) in [6.07, 6.45) is -1.57. The largest absolute Gasteiger partial charge is 0.508 e. The first-order valence-corrected chi connectivity index (χ1v) is 11.8. The Labute approximate surface area is 221 Å². The molecule has 0 aliphatic carbocycles. The van der Waals surface area contributed by atoms with Crippen molar-refractivity contribution in [2.24, 2.45) is 5.73 Å².